The summed E-state index contributed by atoms with van der Waals surface area (Å²) in [6.07, 6.45) is 3.44. The molecule has 0 bridgehead atoms. The number of nitrogens with two attached hydrogens (primary N) is 2. The Hall–Kier alpha value is -1.60. The number of nitrogen functional groups attached to an aromatic ring is 2. The van der Waals surface area contributed by atoms with Gasteiger partial charge < -0.3 is 21.2 Å². The summed E-state index contributed by atoms with van der Waals surface area (Å²) in [4.78, 5) is 8.04. The normalized spacial score (nSPS) is 23.6. The van der Waals surface area contributed by atoms with Crippen LogP contribution in [-0.4, -0.2) is 29.2 Å². The number of rotatable bonds is 4. The molecule has 17 heavy (non-hydrogen) atoms. The zero-order chi connectivity index (χ0) is 12.3. The van der Waals surface area contributed by atoms with Crippen LogP contribution in [0, 0.1) is 0 Å². The summed E-state index contributed by atoms with van der Waals surface area (Å²) in [5, 5.41) is 3.31. The number of aromatic nitrogens is 2. The Morgan fingerprint density at radius 3 is 2.76 bits per heavy atom. The minimum absolute atomic E-state index is 0.198. The zero-order valence-corrected chi connectivity index (χ0v) is 9.81. The van der Waals surface area contributed by atoms with Gasteiger partial charge in [-0.15, -0.1) is 0 Å². The van der Waals surface area contributed by atoms with Crippen LogP contribution in [0.15, 0.2) is 6.07 Å². The SMILES string of the molecule is COC1CCC(Nc2cc(NN)nc(N)n2)C1. The smallest absolute Gasteiger partial charge is 0.223 e. The van der Waals surface area contributed by atoms with Crippen molar-refractivity contribution in [2.45, 2.75) is 31.4 Å². The Kier molecular flexibility index (Phi) is 3.60. The molecule has 7 heteroatoms. The monoisotopic (exact) mass is 238 g/mol. The van der Waals surface area contributed by atoms with E-state index in [1.807, 2.05) is 0 Å². The van der Waals surface area contributed by atoms with Crippen molar-refractivity contribution in [3.8, 4) is 0 Å². The maximum Gasteiger partial charge on any atom is 0.223 e. The molecule has 6 N–H and O–H groups in total. The lowest BCUT2D eigenvalue weighted by Crippen LogP contribution is -2.19. The van der Waals surface area contributed by atoms with Crippen molar-refractivity contribution >= 4 is 17.6 Å². The lowest BCUT2D eigenvalue weighted by Gasteiger charge is -2.14. The molecule has 0 saturated heterocycles. The van der Waals surface area contributed by atoms with Crippen LogP contribution in [-0.2, 0) is 4.74 Å². The number of hydrogen-bond acceptors (Lipinski definition) is 7. The van der Waals surface area contributed by atoms with Gasteiger partial charge >= 0.3 is 0 Å². The van der Waals surface area contributed by atoms with Gasteiger partial charge in [-0.3, -0.25) is 0 Å². The van der Waals surface area contributed by atoms with Crippen LogP contribution in [0.25, 0.3) is 0 Å². The first-order valence-electron chi connectivity index (χ1n) is 5.61. The van der Waals surface area contributed by atoms with Gasteiger partial charge in [0.15, 0.2) is 0 Å². The van der Waals surface area contributed by atoms with Gasteiger partial charge in [0.1, 0.15) is 11.6 Å². The molecule has 1 saturated carbocycles. The molecule has 1 aromatic rings. The summed E-state index contributed by atoms with van der Waals surface area (Å²) >= 11 is 0. The largest absolute Gasteiger partial charge is 0.381 e. The van der Waals surface area contributed by atoms with Gasteiger partial charge in [-0.05, 0) is 19.3 Å². The number of ether oxygens (including phenoxy) is 1. The fraction of sp³-hybridized carbons (Fsp3) is 0.600. The van der Waals surface area contributed by atoms with Crippen molar-refractivity contribution in [3.05, 3.63) is 6.07 Å². The molecule has 94 valence electrons. The second kappa shape index (κ2) is 5.15. The van der Waals surface area contributed by atoms with Gasteiger partial charge in [-0.2, -0.15) is 9.97 Å². The lowest BCUT2D eigenvalue weighted by molar-refractivity contribution is 0.108. The van der Waals surface area contributed by atoms with Gasteiger partial charge in [0.25, 0.3) is 0 Å². The van der Waals surface area contributed by atoms with E-state index in [1.165, 1.54) is 0 Å². The fourth-order valence-corrected chi connectivity index (χ4v) is 2.11. The van der Waals surface area contributed by atoms with Gasteiger partial charge in [0.05, 0.1) is 6.10 Å². The van der Waals surface area contributed by atoms with Crippen LogP contribution >= 0.6 is 0 Å². The standard InChI is InChI=1S/C10H18N6O/c1-17-7-3-2-6(4-7)13-8-5-9(16-12)15-10(11)14-8/h5-7H,2-4,12H2,1H3,(H4,11,13,14,15,16). The zero-order valence-electron chi connectivity index (χ0n) is 9.81. The van der Waals surface area contributed by atoms with Crippen molar-refractivity contribution in [1.82, 2.24) is 9.97 Å². The van der Waals surface area contributed by atoms with Crippen LogP contribution in [0.2, 0.25) is 0 Å². The van der Waals surface area contributed by atoms with Crippen molar-refractivity contribution in [2.75, 3.05) is 23.6 Å². The molecule has 1 heterocycles. The summed E-state index contributed by atoms with van der Waals surface area (Å²) in [6, 6.07) is 2.09. The van der Waals surface area contributed by atoms with Crippen LogP contribution in [0.3, 0.4) is 0 Å². The molecule has 1 aliphatic carbocycles. The van der Waals surface area contributed by atoms with Gasteiger partial charge in [-0.25, -0.2) is 5.84 Å². The van der Waals surface area contributed by atoms with E-state index in [0.29, 0.717) is 23.8 Å². The molecule has 0 radical (unpaired) electrons. The highest BCUT2D eigenvalue weighted by Crippen LogP contribution is 2.24. The number of methoxy groups -OCH3 is 1. The molecule has 1 aliphatic rings. The molecule has 2 rings (SSSR count). The second-order valence-electron chi connectivity index (χ2n) is 4.15. The maximum absolute atomic E-state index is 5.58. The van der Waals surface area contributed by atoms with Crippen molar-refractivity contribution in [2.24, 2.45) is 5.84 Å². The number of nitrogens with one attached hydrogen (secondary N) is 2. The van der Waals surface area contributed by atoms with Crippen LogP contribution < -0.4 is 22.3 Å². The lowest BCUT2D eigenvalue weighted by atomic mass is 10.2. The average molecular weight is 238 g/mol. The molecule has 0 spiro atoms. The number of anilines is 3. The topological polar surface area (TPSA) is 111 Å². The van der Waals surface area contributed by atoms with Gasteiger partial charge in [-0.1, -0.05) is 0 Å². The number of hydrogen-bond donors (Lipinski definition) is 4. The highest BCUT2D eigenvalue weighted by Gasteiger charge is 2.24. The second-order valence-corrected chi connectivity index (χ2v) is 4.15. The third-order valence-electron chi connectivity index (χ3n) is 2.96. The first kappa shape index (κ1) is 11.9. The van der Waals surface area contributed by atoms with E-state index in [2.05, 4.69) is 20.7 Å². The van der Waals surface area contributed by atoms with E-state index >= 15 is 0 Å². The van der Waals surface area contributed by atoms with Crippen molar-refractivity contribution in [3.63, 3.8) is 0 Å². The van der Waals surface area contributed by atoms with E-state index in [-0.39, 0.29) is 5.95 Å². The molecular formula is C10H18N6O. The van der Waals surface area contributed by atoms with E-state index in [0.717, 1.165) is 19.3 Å². The third-order valence-corrected chi connectivity index (χ3v) is 2.96. The third kappa shape index (κ3) is 2.95. The number of hydrazine groups is 1. The Morgan fingerprint density at radius 2 is 2.12 bits per heavy atom. The first-order valence-corrected chi connectivity index (χ1v) is 5.61. The molecule has 0 aliphatic heterocycles. The Balaban J connectivity index is 2.01. The predicted octanol–water partition coefficient (Wildman–Crippen LogP) is 0.324. The first-order chi connectivity index (χ1) is 8.21. The molecular weight excluding hydrogens is 220 g/mol. The molecule has 0 aromatic carbocycles. The van der Waals surface area contributed by atoms with Crippen LogP contribution in [0.5, 0.6) is 0 Å². The minimum Gasteiger partial charge on any atom is -0.381 e. The molecule has 2 atom stereocenters. The summed E-state index contributed by atoms with van der Waals surface area (Å²) in [5.74, 6) is 6.68. The summed E-state index contributed by atoms with van der Waals surface area (Å²) in [7, 11) is 1.74. The predicted molar refractivity (Wildman–Crippen MR) is 66.3 cm³/mol. The van der Waals surface area contributed by atoms with Crippen LogP contribution in [0.1, 0.15) is 19.3 Å². The van der Waals surface area contributed by atoms with Crippen LogP contribution in [0.4, 0.5) is 17.6 Å². The summed E-state index contributed by atoms with van der Waals surface area (Å²) < 4.78 is 5.32. The molecule has 0 amide bonds. The average Bonchev–Trinajstić information content (AvgIpc) is 2.76. The van der Waals surface area contributed by atoms with Gasteiger partial charge in [0, 0.05) is 19.2 Å². The molecule has 2 unspecified atom stereocenters. The van der Waals surface area contributed by atoms with E-state index in [4.69, 9.17) is 16.3 Å². The summed E-state index contributed by atoms with van der Waals surface area (Å²) in [5.41, 5.74) is 8.04. The highest BCUT2D eigenvalue weighted by molar-refractivity contribution is 5.50. The van der Waals surface area contributed by atoms with Crippen molar-refractivity contribution in [1.29, 1.82) is 0 Å². The molecule has 1 aromatic heterocycles. The van der Waals surface area contributed by atoms with E-state index in [9.17, 15) is 0 Å². The van der Waals surface area contributed by atoms with E-state index < -0.39 is 0 Å². The van der Waals surface area contributed by atoms with Gasteiger partial charge in [0.2, 0.25) is 5.95 Å². The Bertz CT molecular complexity index is 385. The maximum atomic E-state index is 5.58. The minimum atomic E-state index is 0.198. The Morgan fingerprint density at radius 1 is 1.35 bits per heavy atom. The molecule has 7 nitrogen and oxygen atoms in total. The summed E-state index contributed by atoms with van der Waals surface area (Å²) in [6.45, 7) is 0. The quantitative estimate of drug-likeness (QED) is 0.441. The fourth-order valence-electron chi connectivity index (χ4n) is 2.11. The molecule has 1 fully saturated rings. The van der Waals surface area contributed by atoms with E-state index in [1.54, 1.807) is 13.2 Å². The number of nitrogens with zero attached hydrogens (tertiary/aromatic N) is 2. The Labute approximate surface area is 99.9 Å². The highest BCUT2D eigenvalue weighted by atomic mass is 16.5. The van der Waals surface area contributed by atoms with Crippen molar-refractivity contribution < 1.29 is 4.74 Å².